The highest BCUT2D eigenvalue weighted by atomic mass is 32.2. The van der Waals surface area contributed by atoms with Crippen LogP contribution in [0.5, 0.6) is 11.6 Å². The van der Waals surface area contributed by atoms with Gasteiger partial charge in [-0.1, -0.05) is 12.1 Å². The van der Waals surface area contributed by atoms with Crippen molar-refractivity contribution in [3.8, 4) is 17.3 Å². The van der Waals surface area contributed by atoms with Gasteiger partial charge in [0.1, 0.15) is 11.6 Å². The number of hydrogen-bond donors (Lipinski definition) is 3. The lowest BCUT2D eigenvalue weighted by atomic mass is 10.1. The molecule has 5 aromatic rings. The smallest absolute Gasteiger partial charge is 0.301 e. The first-order valence-corrected chi connectivity index (χ1v) is 14.5. The molecule has 0 radical (unpaired) electrons. The molecule has 15 heteroatoms. The van der Waals surface area contributed by atoms with Gasteiger partial charge in [-0.15, -0.1) is 0 Å². The van der Waals surface area contributed by atoms with E-state index in [4.69, 9.17) is 15.2 Å². The number of benzene rings is 2. The molecule has 1 aliphatic heterocycles. The van der Waals surface area contributed by atoms with Gasteiger partial charge < -0.3 is 20.2 Å². The van der Waals surface area contributed by atoms with E-state index in [1.54, 1.807) is 25.1 Å². The molecule has 0 aliphatic carbocycles. The molecule has 0 amide bonds. The van der Waals surface area contributed by atoms with Gasteiger partial charge >= 0.3 is 10.2 Å². The first-order chi connectivity index (χ1) is 20.6. The van der Waals surface area contributed by atoms with Crippen molar-refractivity contribution in [2.24, 2.45) is 0 Å². The Morgan fingerprint density at radius 3 is 2.60 bits per heavy atom. The number of nitrogens with zero attached hydrogens (tertiary/aromatic N) is 4. The fourth-order valence-electron chi connectivity index (χ4n) is 4.65. The van der Waals surface area contributed by atoms with Crippen LogP contribution in [0.15, 0.2) is 60.9 Å². The fraction of sp³-hybridized carbons (Fsp3) is 0.179. The predicted octanol–water partition coefficient (Wildman–Crippen LogP) is 3.93. The number of aromatic nitrogens is 4. The highest BCUT2D eigenvalue weighted by Gasteiger charge is 2.26. The zero-order valence-corrected chi connectivity index (χ0v) is 23.5. The molecule has 4 heterocycles. The average molecular weight is 610 g/mol. The second-order valence-electron chi connectivity index (χ2n) is 9.75. The van der Waals surface area contributed by atoms with Crippen LogP contribution in [0.2, 0.25) is 0 Å². The zero-order chi connectivity index (χ0) is 30.3. The van der Waals surface area contributed by atoms with Gasteiger partial charge in [-0.2, -0.15) is 17.8 Å². The van der Waals surface area contributed by atoms with Crippen molar-refractivity contribution in [1.82, 2.24) is 24.1 Å². The van der Waals surface area contributed by atoms with Gasteiger partial charge in [-0.3, -0.25) is 9.52 Å². The number of ether oxygens (including phenoxy) is 2. The lowest BCUT2D eigenvalue weighted by Crippen LogP contribution is -2.43. The topological polar surface area (TPSA) is 157 Å². The minimum atomic E-state index is -4.01. The van der Waals surface area contributed by atoms with Gasteiger partial charge in [-0.25, -0.2) is 18.4 Å². The summed E-state index contributed by atoms with van der Waals surface area (Å²) in [5.41, 5.74) is 7.66. The summed E-state index contributed by atoms with van der Waals surface area (Å²) in [6, 6.07) is 11.4. The average Bonchev–Trinajstić information content (AvgIpc) is 3.57. The van der Waals surface area contributed by atoms with Gasteiger partial charge in [0, 0.05) is 30.1 Å². The molecule has 1 saturated heterocycles. The Kier molecular flexibility index (Phi) is 7.29. The summed E-state index contributed by atoms with van der Waals surface area (Å²) in [5.74, 6) is -1.64. The molecule has 0 atom stereocenters. The Morgan fingerprint density at radius 1 is 1.09 bits per heavy atom. The van der Waals surface area contributed by atoms with E-state index >= 15 is 0 Å². The van der Waals surface area contributed by atoms with Crippen molar-refractivity contribution < 1.29 is 31.5 Å². The second kappa shape index (κ2) is 11.1. The Labute approximate surface area is 244 Å². The molecule has 0 unspecified atom stereocenters. The quantitative estimate of drug-likeness (QED) is 0.223. The van der Waals surface area contributed by atoms with E-state index < -0.39 is 27.6 Å². The maximum atomic E-state index is 14.9. The molecular weight excluding hydrogens is 584 g/mol. The van der Waals surface area contributed by atoms with Crippen LogP contribution in [0.25, 0.3) is 16.6 Å². The maximum Gasteiger partial charge on any atom is 0.301 e. The lowest BCUT2D eigenvalue weighted by Gasteiger charge is -2.26. The van der Waals surface area contributed by atoms with Crippen LogP contribution < -0.4 is 15.2 Å². The van der Waals surface area contributed by atoms with Crippen LogP contribution in [0.4, 0.5) is 20.3 Å². The number of carbonyl (C=O) groups excluding carboxylic acids is 1. The van der Waals surface area contributed by atoms with E-state index in [0.29, 0.717) is 22.2 Å². The summed E-state index contributed by atoms with van der Waals surface area (Å²) in [6.07, 6.45) is 2.74. The van der Waals surface area contributed by atoms with Crippen molar-refractivity contribution in [2.75, 3.05) is 36.8 Å². The molecule has 4 N–H and O–H groups in total. The molecule has 3 aromatic heterocycles. The number of H-pyrrole nitrogens is 1. The number of nitrogens with one attached hydrogen (secondary N) is 2. The maximum absolute atomic E-state index is 14.9. The Bertz CT molecular complexity index is 1970. The molecule has 2 aromatic carbocycles. The summed E-state index contributed by atoms with van der Waals surface area (Å²) >= 11 is 0. The zero-order valence-electron chi connectivity index (χ0n) is 22.7. The molecule has 6 rings (SSSR count). The summed E-state index contributed by atoms with van der Waals surface area (Å²) in [5, 5.41) is 4.61. The number of nitrogen functional groups attached to an aromatic ring is 1. The van der Waals surface area contributed by atoms with Gasteiger partial charge in [0.05, 0.1) is 48.2 Å². The minimum Gasteiger partial charge on any atom is -0.436 e. The van der Waals surface area contributed by atoms with Crippen LogP contribution in [0, 0.1) is 18.6 Å². The van der Waals surface area contributed by atoms with Crippen LogP contribution in [-0.2, 0) is 14.9 Å². The van der Waals surface area contributed by atoms with Crippen LogP contribution in [-0.4, -0.2) is 64.6 Å². The van der Waals surface area contributed by atoms with E-state index in [1.807, 2.05) is 0 Å². The SMILES string of the molecule is Cc1cc(Oc2ccccc2F)ncc1-n1ncc(C(=O)c2cc3cc(F)c(NS(=O)(=O)N4CCOCC4)cc3[nH]2)c1N. The Morgan fingerprint density at radius 2 is 1.86 bits per heavy atom. The number of nitrogens with two attached hydrogens (primary N) is 1. The van der Waals surface area contributed by atoms with Gasteiger partial charge in [0.15, 0.2) is 11.6 Å². The molecular formula is C28H25F2N7O5S. The molecule has 1 fully saturated rings. The van der Waals surface area contributed by atoms with E-state index in [1.165, 1.54) is 45.6 Å². The number of hydrogen-bond acceptors (Lipinski definition) is 8. The molecule has 222 valence electrons. The minimum absolute atomic E-state index is 0.0217. The molecule has 43 heavy (non-hydrogen) atoms. The standard InChI is InChI=1S/C28H25F2N7O5S/c1-16-10-26(42-25-5-3-2-4-19(25)29)32-15-24(16)37-28(31)18(14-33-37)27(38)23-12-17-11-20(30)22(13-21(17)34-23)35-43(39,40)36-6-8-41-9-7-36/h2-5,10-15,34-35H,6-9,31H2,1H3. The highest BCUT2D eigenvalue weighted by molar-refractivity contribution is 7.90. The molecule has 0 spiro atoms. The number of ketones is 1. The predicted molar refractivity (Wildman–Crippen MR) is 154 cm³/mol. The summed E-state index contributed by atoms with van der Waals surface area (Å²) in [6.45, 7) is 2.54. The van der Waals surface area contributed by atoms with E-state index in [0.717, 1.165) is 6.07 Å². The van der Waals surface area contributed by atoms with Crippen molar-refractivity contribution >= 4 is 38.4 Å². The Hall–Kier alpha value is -4.86. The van der Waals surface area contributed by atoms with Gasteiger partial charge in [0.2, 0.25) is 11.7 Å². The first kappa shape index (κ1) is 28.3. The van der Waals surface area contributed by atoms with E-state index in [9.17, 15) is 22.0 Å². The lowest BCUT2D eigenvalue weighted by molar-refractivity contribution is 0.0733. The highest BCUT2D eigenvalue weighted by Crippen LogP contribution is 2.29. The number of anilines is 2. The number of para-hydroxylation sites is 1. The number of morpholine rings is 1. The van der Waals surface area contributed by atoms with Gasteiger partial charge in [0.25, 0.3) is 0 Å². The number of rotatable bonds is 8. The summed E-state index contributed by atoms with van der Waals surface area (Å²) < 4.78 is 69.8. The third-order valence-corrected chi connectivity index (χ3v) is 8.41. The number of carbonyl (C=O) groups is 1. The molecule has 0 bridgehead atoms. The summed E-state index contributed by atoms with van der Waals surface area (Å²) in [7, 11) is -4.01. The number of aromatic amines is 1. The molecule has 12 nitrogen and oxygen atoms in total. The van der Waals surface area contributed by atoms with E-state index in [-0.39, 0.29) is 60.7 Å². The summed E-state index contributed by atoms with van der Waals surface area (Å²) in [4.78, 5) is 20.5. The number of halogens is 2. The number of aryl methyl sites for hydroxylation is 1. The first-order valence-electron chi connectivity index (χ1n) is 13.1. The van der Waals surface area contributed by atoms with Crippen molar-refractivity contribution in [3.05, 3.63) is 89.4 Å². The van der Waals surface area contributed by atoms with Crippen molar-refractivity contribution in [1.29, 1.82) is 0 Å². The monoisotopic (exact) mass is 609 g/mol. The van der Waals surface area contributed by atoms with E-state index in [2.05, 4.69) is 19.8 Å². The van der Waals surface area contributed by atoms with Crippen molar-refractivity contribution in [2.45, 2.75) is 6.92 Å². The van der Waals surface area contributed by atoms with Crippen LogP contribution in [0.1, 0.15) is 21.6 Å². The van der Waals surface area contributed by atoms with Crippen LogP contribution >= 0.6 is 0 Å². The van der Waals surface area contributed by atoms with Gasteiger partial charge in [-0.05, 0) is 42.8 Å². The molecule has 1 aliphatic rings. The third-order valence-electron chi connectivity index (χ3n) is 6.89. The Balaban J connectivity index is 1.24. The van der Waals surface area contributed by atoms with Crippen molar-refractivity contribution in [3.63, 3.8) is 0 Å². The third kappa shape index (κ3) is 5.52. The normalized spacial score (nSPS) is 14.2. The molecule has 0 saturated carbocycles. The van der Waals surface area contributed by atoms with Crippen LogP contribution in [0.3, 0.4) is 0 Å². The number of fused-ring (bicyclic) bond motifs is 1. The largest absolute Gasteiger partial charge is 0.436 e. The number of pyridine rings is 1. The second-order valence-corrected chi connectivity index (χ2v) is 11.4. The fourth-order valence-corrected chi connectivity index (χ4v) is 5.85.